The number of benzene rings is 2. The first-order valence-corrected chi connectivity index (χ1v) is 16.9. The molecule has 0 N–H and O–H groups in total. The van der Waals surface area contributed by atoms with Crippen molar-refractivity contribution in [1.82, 2.24) is 18.4 Å². The van der Waals surface area contributed by atoms with E-state index in [2.05, 4.69) is 4.98 Å². The number of aryl methyl sites for hydroxylation is 1. The molecule has 4 heterocycles. The summed E-state index contributed by atoms with van der Waals surface area (Å²) >= 11 is 6.28. The van der Waals surface area contributed by atoms with Gasteiger partial charge in [-0.15, -0.1) is 0 Å². The Balaban J connectivity index is 1.49. The molecule has 1 saturated heterocycles. The van der Waals surface area contributed by atoms with Gasteiger partial charge in [0.1, 0.15) is 0 Å². The molecule has 0 saturated carbocycles. The number of likely N-dealkylation sites (N-methyl/N-ethyl adjacent to an activating group) is 1. The van der Waals surface area contributed by atoms with Crippen LogP contribution in [0.25, 0.3) is 22.2 Å². The summed E-state index contributed by atoms with van der Waals surface area (Å²) in [5.41, 5.74) is 2.61. The first-order chi connectivity index (χ1) is 22.7. The lowest BCUT2D eigenvalue weighted by Crippen LogP contribution is -2.49. The number of pyridine rings is 2. The van der Waals surface area contributed by atoms with Crippen LogP contribution >= 0.6 is 11.6 Å². The van der Waals surface area contributed by atoms with Crippen LogP contribution in [0.1, 0.15) is 17.2 Å². The highest BCUT2D eigenvalue weighted by Crippen LogP contribution is 2.36. The maximum atomic E-state index is 13.9. The van der Waals surface area contributed by atoms with Crippen LogP contribution in [0.15, 0.2) is 95.0 Å². The molecule has 2 aromatic carbocycles. The lowest BCUT2D eigenvalue weighted by atomic mass is 10.0. The Kier molecular flexibility index (Phi) is 9.16. The Hall–Kier alpha value is -4.17. The summed E-state index contributed by atoms with van der Waals surface area (Å²) in [4.78, 5) is 21.7. The van der Waals surface area contributed by atoms with Gasteiger partial charge in [0.2, 0.25) is 0 Å². The minimum atomic E-state index is -4.55. The Labute approximate surface area is 280 Å². The van der Waals surface area contributed by atoms with Gasteiger partial charge in [0, 0.05) is 47.5 Å². The highest BCUT2D eigenvalue weighted by molar-refractivity contribution is 7.90. The van der Waals surface area contributed by atoms with E-state index >= 15 is 0 Å². The molecule has 1 fully saturated rings. The summed E-state index contributed by atoms with van der Waals surface area (Å²) in [6.45, 7) is 1.94. The molecule has 2 atom stereocenters. The first kappa shape index (κ1) is 33.7. The van der Waals surface area contributed by atoms with Crippen molar-refractivity contribution in [3.05, 3.63) is 112 Å². The van der Waals surface area contributed by atoms with Gasteiger partial charge in [0.05, 0.1) is 36.0 Å². The minimum Gasteiger partial charge on any atom is -0.365 e. The maximum absolute atomic E-state index is 13.9. The molecule has 1 aliphatic heterocycles. The van der Waals surface area contributed by atoms with Gasteiger partial charge in [-0.05, 0) is 68.5 Å². The SMILES string of the molecule is Cc1ccc(S(=O)(=O)n2cc(-c3ccn(C(CN(C)C)c4cccc(Cl)c4)c(=O)c3)c3cc(N4CCOC(C(F)(F)F)C4)cnc32)cc1. The van der Waals surface area contributed by atoms with Crippen molar-refractivity contribution < 1.29 is 26.3 Å². The number of rotatable bonds is 8. The van der Waals surface area contributed by atoms with Crippen molar-refractivity contribution in [2.75, 3.05) is 45.2 Å². The van der Waals surface area contributed by atoms with Gasteiger partial charge in [-0.3, -0.25) is 4.79 Å². The number of alkyl halides is 3. The minimum absolute atomic E-state index is 0.0343. The largest absolute Gasteiger partial charge is 0.416 e. The molecule has 9 nitrogen and oxygen atoms in total. The quantitative estimate of drug-likeness (QED) is 0.197. The van der Waals surface area contributed by atoms with Crippen LogP contribution in [0.5, 0.6) is 0 Å². The molecule has 3 aromatic heterocycles. The van der Waals surface area contributed by atoms with Crippen molar-refractivity contribution in [2.45, 2.75) is 30.1 Å². The molecular weight excluding hydrogens is 667 g/mol. The fourth-order valence-corrected chi connectivity index (χ4v) is 7.41. The molecule has 1 aliphatic rings. The van der Waals surface area contributed by atoms with Crippen molar-refractivity contribution in [3.63, 3.8) is 0 Å². The Morgan fingerprint density at radius 3 is 2.50 bits per heavy atom. The summed E-state index contributed by atoms with van der Waals surface area (Å²) in [5.74, 6) is 0. The molecular formula is C34H33ClF3N5O4S. The van der Waals surface area contributed by atoms with Gasteiger partial charge in [0.15, 0.2) is 11.8 Å². The van der Waals surface area contributed by atoms with E-state index in [9.17, 15) is 26.4 Å². The molecule has 14 heteroatoms. The van der Waals surface area contributed by atoms with E-state index in [4.69, 9.17) is 16.3 Å². The second-order valence-corrected chi connectivity index (χ2v) is 14.3. The number of anilines is 1. The summed E-state index contributed by atoms with van der Waals surface area (Å²) in [6.07, 6.45) is -2.11. The fourth-order valence-electron chi connectivity index (χ4n) is 5.89. The topological polar surface area (TPSA) is 89.7 Å². The smallest absolute Gasteiger partial charge is 0.365 e. The summed E-state index contributed by atoms with van der Waals surface area (Å²) < 4.78 is 76.1. The zero-order valence-corrected chi connectivity index (χ0v) is 27.9. The molecule has 5 aromatic rings. The molecule has 0 radical (unpaired) electrons. The average molecular weight is 700 g/mol. The van der Waals surface area contributed by atoms with Gasteiger partial charge >= 0.3 is 6.18 Å². The Bertz CT molecular complexity index is 2130. The molecule has 48 heavy (non-hydrogen) atoms. The van der Waals surface area contributed by atoms with E-state index in [1.165, 1.54) is 35.5 Å². The molecule has 252 valence electrons. The second-order valence-electron chi connectivity index (χ2n) is 12.1. The van der Waals surface area contributed by atoms with E-state index in [0.29, 0.717) is 33.8 Å². The van der Waals surface area contributed by atoms with E-state index in [1.807, 2.05) is 44.1 Å². The highest BCUT2D eigenvalue weighted by Gasteiger charge is 2.43. The normalized spacial score (nSPS) is 16.5. The van der Waals surface area contributed by atoms with Crippen LogP contribution in [-0.2, 0) is 14.8 Å². The predicted octanol–water partition coefficient (Wildman–Crippen LogP) is 5.98. The fraction of sp³-hybridized carbons (Fsp3) is 0.294. The first-order valence-electron chi connectivity index (χ1n) is 15.1. The number of fused-ring (bicyclic) bond motifs is 1. The van der Waals surface area contributed by atoms with Crippen molar-refractivity contribution in [1.29, 1.82) is 0 Å². The van der Waals surface area contributed by atoms with Crippen molar-refractivity contribution in [3.8, 4) is 11.1 Å². The highest BCUT2D eigenvalue weighted by atomic mass is 35.5. The average Bonchev–Trinajstić information content (AvgIpc) is 3.43. The van der Waals surface area contributed by atoms with E-state index in [1.54, 1.807) is 41.1 Å². The summed E-state index contributed by atoms with van der Waals surface area (Å²) in [6, 6.07) is 18.0. The van der Waals surface area contributed by atoms with Gasteiger partial charge in [-0.2, -0.15) is 13.2 Å². The lowest BCUT2D eigenvalue weighted by molar-refractivity contribution is -0.221. The number of morpholine rings is 1. The third-order valence-electron chi connectivity index (χ3n) is 8.34. The molecule has 0 bridgehead atoms. The number of nitrogens with zero attached hydrogens (tertiary/aromatic N) is 5. The molecule has 0 amide bonds. The van der Waals surface area contributed by atoms with Crippen LogP contribution < -0.4 is 10.5 Å². The van der Waals surface area contributed by atoms with E-state index < -0.39 is 28.8 Å². The standard InChI is InChI=1S/C34H33ClF3N5O4S/c1-22-7-9-27(10-8-22)48(45,46)43-19-29(28-17-26(18-39-33(28)43)41-13-14-47-31(21-41)34(36,37)38)23-11-12-42(32(44)16-23)30(20-40(2)3)24-5-4-6-25(35)15-24/h4-12,15-19,30-31H,13-14,20-21H2,1-3H3. The predicted molar refractivity (Wildman–Crippen MR) is 179 cm³/mol. The summed E-state index contributed by atoms with van der Waals surface area (Å²) in [7, 11) is -0.352. The Morgan fingerprint density at radius 1 is 1.08 bits per heavy atom. The van der Waals surface area contributed by atoms with E-state index in [0.717, 1.165) is 15.1 Å². The zero-order valence-electron chi connectivity index (χ0n) is 26.4. The number of hydrogen-bond donors (Lipinski definition) is 0. The van der Waals surface area contributed by atoms with Gasteiger partial charge in [0.25, 0.3) is 15.6 Å². The van der Waals surface area contributed by atoms with Gasteiger partial charge in [-0.1, -0.05) is 41.4 Å². The zero-order chi connectivity index (χ0) is 34.4. The monoisotopic (exact) mass is 699 g/mol. The number of halogens is 4. The number of aromatic nitrogens is 3. The van der Waals surface area contributed by atoms with Gasteiger partial charge in [-0.25, -0.2) is 17.4 Å². The van der Waals surface area contributed by atoms with Crippen LogP contribution in [0.4, 0.5) is 18.9 Å². The molecule has 0 aliphatic carbocycles. The molecule has 6 rings (SSSR count). The van der Waals surface area contributed by atoms with Crippen molar-refractivity contribution in [2.24, 2.45) is 0 Å². The van der Waals surface area contributed by atoms with Crippen LogP contribution in [-0.4, -0.2) is 79.5 Å². The Morgan fingerprint density at radius 2 is 1.83 bits per heavy atom. The molecule has 0 spiro atoms. The van der Waals surface area contributed by atoms with Crippen LogP contribution in [0.2, 0.25) is 5.02 Å². The third-order valence-corrected chi connectivity index (χ3v) is 10.2. The summed E-state index contributed by atoms with van der Waals surface area (Å²) in [5, 5.41) is 0.892. The van der Waals surface area contributed by atoms with Crippen LogP contribution in [0.3, 0.4) is 0 Å². The lowest BCUT2D eigenvalue weighted by Gasteiger charge is -2.35. The third kappa shape index (κ3) is 6.73. The molecule has 2 unspecified atom stereocenters. The van der Waals surface area contributed by atoms with Crippen LogP contribution in [0, 0.1) is 6.92 Å². The second kappa shape index (κ2) is 13.0. The van der Waals surface area contributed by atoms with E-state index in [-0.39, 0.29) is 35.3 Å². The number of ether oxygens (including phenoxy) is 1. The van der Waals surface area contributed by atoms with Gasteiger partial charge < -0.3 is 19.1 Å². The maximum Gasteiger partial charge on any atom is 0.416 e. The number of hydrogen-bond acceptors (Lipinski definition) is 7. The van der Waals surface area contributed by atoms with Crippen molar-refractivity contribution >= 4 is 38.3 Å².